The van der Waals surface area contributed by atoms with E-state index in [-0.39, 0.29) is 6.61 Å². The van der Waals surface area contributed by atoms with E-state index in [4.69, 9.17) is 23.7 Å². The van der Waals surface area contributed by atoms with Gasteiger partial charge in [-0.1, -0.05) is 6.92 Å². The fraction of sp³-hybridized carbons (Fsp3) is 0.750. The van der Waals surface area contributed by atoms with Gasteiger partial charge in [0.2, 0.25) is 0 Å². The average Bonchev–Trinajstić information content (AvgIpc) is 2.50. The molecule has 5 atom stereocenters. The maximum Gasteiger partial charge on any atom is 0.303 e. The van der Waals surface area contributed by atoms with Gasteiger partial charge in [0.25, 0.3) is 0 Å². The van der Waals surface area contributed by atoms with E-state index in [1.54, 1.807) is 0 Å². The second-order valence-electron chi connectivity index (χ2n) is 5.52. The zero-order valence-corrected chi connectivity index (χ0v) is 16.2. The van der Waals surface area contributed by atoms with Crippen molar-refractivity contribution >= 4 is 35.6 Å². The van der Waals surface area contributed by atoms with Crippen molar-refractivity contribution in [2.75, 3.05) is 12.4 Å². The Morgan fingerprint density at radius 3 is 1.77 bits per heavy atom. The first-order chi connectivity index (χ1) is 12.1. The number of hydrogen-bond acceptors (Lipinski definition) is 10. The number of carbonyl (C=O) groups is 4. The summed E-state index contributed by atoms with van der Waals surface area (Å²) in [5.74, 6) is -1.81. The molecule has 1 aliphatic heterocycles. The van der Waals surface area contributed by atoms with Crippen molar-refractivity contribution in [3.8, 4) is 0 Å². The molecule has 1 saturated heterocycles. The number of esters is 4. The van der Waals surface area contributed by atoms with Gasteiger partial charge >= 0.3 is 23.9 Å². The van der Waals surface area contributed by atoms with Crippen LogP contribution in [0.15, 0.2) is 0 Å². The third-order valence-electron chi connectivity index (χ3n) is 3.28. The Labute approximate surface area is 156 Å². The highest BCUT2D eigenvalue weighted by Gasteiger charge is 2.52. The van der Waals surface area contributed by atoms with Crippen LogP contribution < -0.4 is 0 Å². The molecule has 0 aromatic heterocycles. The van der Waals surface area contributed by atoms with E-state index in [1.165, 1.54) is 39.5 Å². The minimum Gasteiger partial charge on any atom is -0.463 e. The Morgan fingerprint density at radius 2 is 1.31 bits per heavy atom. The van der Waals surface area contributed by atoms with Gasteiger partial charge in [0.1, 0.15) is 18.1 Å². The Kier molecular flexibility index (Phi) is 8.86. The highest BCUT2D eigenvalue weighted by atomic mass is 32.2. The Balaban J connectivity index is 3.22. The van der Waals surface area contributed by atoms with Gasteiger partial charge in [-0.25, -0.2) is 0 Å². The molecule has 1 heterocycles. The molecule has 1 fully saturated rings. The maximum absolute atomic E-state index is 11.6. The predicted molar refractivity (Wildman–Crippen MR) is 90.1 cm³/mol. The monoisotopic (exact) mass is 392 g/mol. The largest absolute Gasteiger partial charge is 0.463 e. The van der Waals surface area contributed by atoms with Crippen LogP contribution in [-0.2, 0) is 42.9 Å². The molecule has 0 spiro atoms. The predicted octanol–water partition coefficient (Wildman–Crippen LogP) is 0.823. The van der Waals surface area contributed by atoms with Gasteiger partial charge < -0.3 is 23.7 Å². The van der Waals surface area contributed by atoms with E-state index >= 15 is 0 Å². The highest BCUT2D eigenvalue weighted by Crippen LogP contribution is 2.34. The lowest BCUT2D eigenvalue weighted by atomic mass is 9.99. The Morgan fingerprint density at radius 1 is 0.808 bits per heavy atom. The van der Waals surface area contributed by atoms with E-state index in [2.05, 4.69) is 0 Å². The van der Waals surface area contributed by atoms with E-state index in [0.717, 1.165) is 0 Å². The first kappa shape index (κ1) is 22.2. The number of hydrogen-bond donors (Lipinski definition) is 0. The van der Waals surface area contributed by atoms with E-state index in [9.17, 15) is 19.2 Å². The summed E-state index contributed by atoms with van der Waals surface area (Å²) in [7, 11) is 0. The fourth-order valence-corrected chi connectivity index (χ4v) is 3.44. The lowest BCUT2D eigenvalue weighted by Crippen LogP contribution is -2.61. The summed E-state index contributed by atoms with van der Waals surface area (Å²) in [5.41, 5.74) is -0.694. The molecular formula is C16H24O9S. The maximum atomic E-state index is 11.6. The molecule has 10 heteroatoms. The zero-order valence-electron chi connectivity index (χ0n) is 15.4. The summed E-state index contributed by atoms with van der Waals surface area (Å²) < 4.78 is 26.7. The highest BCUT2D eigenvalue weighted by molar-refractivity contribution is 7.99. The normalized spacial score (nSPS) is 28.0. The van der Waals surface area contributed by atoms with Crippen LogP contribution in [0.5, 0.6) is 0 Å². The molecule has 0 amide bonds. The van der Waals surface area contributed by atoms with Crippen LogP contribution >= 0.6 is 11.8 Å². The smallest absolute Gasteiger partial charge is 0.303 e. The van der Waals surface area contributed by atoms with Gasteiger partial charge in [-0.05, 0) is 5.75 Å². The van der Waals surface area contributed by atoms with Crippen LogP contribution in [0.2, 0.25) is 0 Å². The summed E-state index contributed by atoms with van der Waals surface area (Å²) in [6, 6.07) is 0. The molecule has 9 nitrogen and oxygen atoms in total. The molecule has 0 aliphatic carbocycles. The second-order valence-corrected chi connectivity index (χ2v) is 6.90. The molecule has 1 aliphatic rings. The van der Waals surface area contributed by atoms with Crippen LogP contribution in [0.25, 0.3) is 0 Å². The minimum absolute atomic E-state index is 0.210. The van der Waals surface area contributed by atoms with Crippen molar-refractivity contribution in [3.63, 3.8) is 0 Å². The van der Waals surface area contributed by atoms with Gasteiger partial charge in [-0.2, -0.15) is 0 Å². The quantitative estimate of drug-likeness (QED) is 0.455. The van der Waals surface area contributed by atoms with Crippen LogP contribution in [0.1, 0.15) is 34.6 Å². The van der Waals surface area contributed by atoms with Crippen molar-refractivity contribution in [2.45, 2.75) is 64.5 Å². The summed E-state index contributed by atoms with van der Waals surface area (Å²) in [5, 5.41) is 0. The summed E-state index contributed by atoms with van der Waals surface area (Å²) >= 11 is 1.32. The van der Waals surface area contributed by atoms with Crippen molar-refractivity contribution in [1.82, 2.24) is 0 Å². The second kappa shape index (κ2) is 10.4. The molecule has 0 aromatic carbocycles. The van der Waals surface area contributed by atoms with Gasteiger partial charge in [0.05, 0.1) is 0 Å². The van der Waals surface area contributed by atoms with Gasteiger partial charge in [0.15, 0.2) is 18.3 Å². The van der Waals surface area contributed by atoms with Crippen LogP contribution in [0, 0.1) is 0 Å². The van der Waals surface area contributed by atoms with Crippen molar-refractivity contribution in [3.05, 3.63) is 0 Å². The first-order valence-electron chi connectivity index (χ1n) is 8.07. The lowest BCUT2D eigenvalue weighted by molar-refractivity contribution is -0.237. The van der Waals surface area contributed by atoms with Gasteiger partial charge in [-0.15, -0.1) is 11.8 Å². The number of ether oxygens (including phenoxy) is 5. The topological polar surface area (TPSA) is 114 Å². The molecule has 0 aromatic rings. The molecule has 148 valence electrons. The first-order valence-corrected chi connectivity index (χ1v) is 9.12. The minimum atomic E-state index is -1.10. The summed E-state index contributed by atoms with van der Waals surface area (Å²) in [6.45, 7) is 6.48. The Bertz CT molecular complexity index is 536. The standard InChI is InChI=1S/C16H24O9S/c1-6-26-16-15(24-11(5)20)14(23-10(4)19)13(22-9(3)18)12(25-16)7-21-8(2)17/h12-16H,6-7H2,1-5H3/t12-,13-,14+,15+,16-/m1/s1. The fourth-order valence-electron chi connectivity index (χ4n) is 2.49. The molecule has 0 saturated carbocycles. The van der Waals surface area contributed by atoms with Gasteiger partial charge in [0, 0.05) is 27.7 Å². The molecule has 0 N–H and O–H groups in total. The number of rotatable bonds is 7. The molecule has 1 rings (SSSR count). The number of carbonyl (C=O) groups excluding carboxylic acids is 4. The molecular weight excluding hydrogens is 368 g/mol. The van der Waals surface area contributed by atoms with Crippen LogP contribution in [0.4, 0.5) is 0 Å². The molecule has 0 bridgehead atoms. The van der Waals surface area contributed by atoms with E-state index in [0.29, 0.717) is 5.75 Å². The average molecular weight is 392 g/mol. The summed E-state index contributed by atoms with van der Waals surface area (Å²) in [4.78, 5) is 45.8. The lowest BCUT2D eigenvalue weighted by Gasteiger charge is -2.44. The summed E-state index contributed by atoms with van der Waals surface area (Å²) in [6.07, 6.45) is -4.07. The zero-order chi connectivity index (χ0) is 19.9. The van der Waals surface area contributed by atoms with E-state index < -0.39 is 53.7 Å². The molecule has 26 heavy (non-hydrogen) atoms. The van der Waals surface area contributed by atoms with Crippen molar-refractivity contribution in [2.24, 2.45) is 0 Å². The molecule has 0 radical (unpaired) electrons. The molecule has 0 unspecified atom stereocenters. The van der Waals surface area contributed by atoms with Gasteiger partial charge in [-0.3, -0.25) is 19.2 Å². The van der Waals surface area contributed by atoms with Crippen LogP contribution in [-0.4, -0.2) is 66.1 Å². The third-order valence-corrected chi connectivity index (χ3v) is 4.32. The van der Waals surface area contributed by atoms with Crippen molar-refractivity contribution in [1.29, 1.82) is 0 Å². The SMILES string of the molecule is CCS[C@H]1O[C@H](COC(C)=O)[C@@H](OC(C)=O)[C@H](OC(C)=O)[C@@H]1OC(C)=O. The van der Waals surface area contributed by atoms with Crippen molar-refractivity contribution < 1.29 is 42.9 Å². The van der Waals surface area contributed by atoms with Crippen LogP contribution in [0.3, 0.4) is 0 Å². The Hall–Kier alpha value is -1.81. The number of thioether (sulfide) groups is 1. The van der Waals surface area contributed by atoms with E-state index in [1.807, 2.05) is 6.92 Å². The third kappa shape index (κ3) is 6.83.